The Hall–Kier alpha value is -0.160. The smallest absolute Gasteiger partial charge is 0.0563 e. The number of hydrogen-bond acceptors (Lipinski definition) is 4. The van der Waals surface area contributed by atoms with E-state index in [1.165, 1.54) is 0 Å². The van der Waals surface area contributed by atoms with Gasteiger partial charge in [0.05, 0.1) is 12.2 Å². The highest BCUT2D eigenvalue weighted by Crippen LogP contribution is 2.06. The van der Waals surface area contributed by atoms with Crippen LogP contribution < -0.4 is 5.73 Å². The van der Waals surface area contributed by atoms with Gasteiger partial charge in [0, 0.05) is 6.61 Å². The van der Waals surface area contributed by atoms with E-state index in [2.05, 4.69) is 0 Å². The molecule has 2 atom stereocenters. The van der Waals surface area contributed by atoms with E-state index in [1.807, 2.05) is 0 Å². The van der Waals surface area contributed by atoms with Gasteiger partial charge in [-0.2, -0.15) is 0 Å². The summed E-state index contributed by atoms with van der Waals surface area (Å²) in [5.74, 6) is 0. The van der Waals surface area contributed by atoms with Crippen LogP contribution in [0.4, 0.5) is 0 Å². The van der Waals surface area contributed by atoms with E-state index in [9.17, 15) is 5.11 Å². The highest BCUT2D eigenvalue weighted by Gasteiger charge is 2.07. The highest BCUT2D eigenvalue weighted by molar-refractivity contribution is 4.61. The van der Waals surface area contributed by atoms with Gasteiger partial charge in [0.2, 0.25) is 0 Å². The third-order valence-corrected chi connectivity index (χ3v) is 1.80. The molecule has 0 aromatic heterocycles. The first-order valence-electron chi connectivity index (χ1n) is 4.37. The largest absolute Gasteiger partial charge is 0.396 e. The van der Waals surface area contributed by atoms with Gasteiger partial charge in [-0.25, -0.2) is 0 Å². The molecule has 0 saturated heterocycles. The molecule has 0 spiro atoms. The maximum atomic E-state index is 9.21. The second kappa shape index (κ2) is 7.49. The van der Waals surface area contributed by atoms with Gasteiger partial charge >= 0.3 is 0 Å². The molecular formula is C8H19NO3. The third-order valence-electron chi connectivity index (χ3n) is 1.80. The SMILES string of the molecule is NCCC(O)CCC(O)CCO. The van der Waals surface area contributed by atoms with Crippen LogP contribution >= 0.6 is 0 Å². The van der Waals surface area contributed by atoms with E-state index < -0.39 is 12.2 Å². The van der Waals surface area contributed by atoms with Crippen molar-refractivity contribution in [2.45, 2.75) is 37.9 Å². The number of aliphatic hydroxyl groups excluding tert-OH is 3. The van der Waals surface area contributed by atoms with Gasteiger partial charge in [-0.15, -0.1) is 0 Å². The highest BCUT2D eigenvalue weighted by atomic mass is 16.3. The van der Waals surface area contributed by atoms with Crippen LogP contribution in [0.2, 0.25) is 0 Å². The lowest BCUT2D eigenvalue weighted by atomic mass is 10.1. The van der Waals surface area contributed by atoms with E-state index in [1.54, 1.807) is 0 Å². The van der Waals surface area contributed by atoms with Gasteiger partial charge in [-0.3, -0.25) is 0 Å². The average molecular weight is 177 g/mol. The predicted molar refractivity (Wildman–Crippen MR) is 46.6 cm³/mol. The van der Waals surface area contributed by atoms with Gasteiger partial charge in [-0.1, -0.05) is 0 Å². The average Bonchev–Trinajstić information content (AvgIpc) is 2.02. The molecule has 0 fully saturated rings. The van der Waals surface area contributed by atoms with Gasteiger partial charge < -0.3 is 21.1 Å². The normalized spacial score (nSPS) is 16.0. The van der Waals surface area contributed by atoms with E-state index in [0.29, 0.717) is 32.2 Å². The maximum absolute atomic E-state index is 9.21. The zero-order valence-corrected chi connectivity index (χ0v) is 7.32. The van der Waals surface area contributed by atoms with Gasteiger partial charge in [-0.05, 0) is 32.2 Å². The summed E-state index contributed by atoms with van der Waals surface area (Å²) in [7, 11) is 0. The zero-order chi connectivity index (χ0) is 9.40. The number of aliphatic hydroxyl groups is 3. The summed E-state index contributed by atoms with van der Waals surface area (Å²) >= 11 is 0. The van der Waals surface area contributed by atoms with Crippen molar-refractivity contribution in [2.75, 3.05) is 13.2 Å². The van der Waals surface area contributed by atoms with Gasteiger partial charge in [0.25, 0.3) is 0 Å². The summed E-state index contributed by atoms with van der Waals surface area (Å²) in [6.45, 7) is 0.464. The summed E-state index contributed by atoms with van der Waals surface area (Å²) in [4.78, 5) is 0. The van der Waals surface area contributed by atoms with E-state index >= 15 is 0 Å². The summed E-state index contributed by atoms with van der Waals surface area (Å²) < 4.78 is 0. The fraction of sp³-hybridized carbons (Fsp3) is 1.00. The molecule has 0 rings (SSSR count). The summed E-state index contributed by atoms with van der Waals surface area (Å²) in [5, 5.41) is 26.8. The molecule has 0 radical (unpaired) electrons. The lowest BCUT2D eigenvalue weighted by Crippen LogP contribution is -2.17. The van der Waals surface area contributed by atoms with Crippen molar-refractivity contribution in [1.82, 2.24) is 0 Å². The Morgan fingerprint density at radius 3 is 1.83 bits per heavy atom. The van der Waals surface area contributed by atoms with Gasteiger partial charge in [0.1, 0.15) is 0 Å². The first-order chi connectivity index (χ1) is 5.70. The molecule has 0 bridgehead atoms. The molecule has 0 aromatic carbocycles. The van der Waals surface area contributed by atoms with E-state index in [4.69, 9.17) is 15.9 Å². The molecule has 4 heteroatoms. The number of nitrogens with two attached hydrogens (primary N) is 1. The second-order valence-electron chi connectivity index (χ2n) is 2.97. The summed E-state index contributed by atoms with van der Waals surface area (Å²) in [6, 6.07) is 0. The molecule has 0 heterocycles. The first-order valence-corrected chi connectivity index (χ1v) is 4.37. The standard InChI is InChI=1S/C8H19NO3/c9-5-3-7(11)1-2-8(12)4-6-10/h7-8,10-12H,1-6,9H2. The first kappa shape index (κ1) is 11.8. The Labute approximate surface area is 73.0 Å². The molecule has 0 aliphatic carbocycles. The minimum absolute atomic E-state index is 0.00580. The van der Waals surface area contributed by atoms with Gasteiger partial charge in [0.15, 0.2) is 0 Å². The molecule has 74 valence electrons. The van der Waals surface area contributed by atoms with Crippen molar-refractivity contribution in [3.8, 4) is 0 Å². The topological polar surface area (TPSA) is 86.7 Å². The fourth-order valence-corrected chi connectivity index (χ4v) is 1.01. The molecule has 2 unspecified atom stereocenters. The van der Waals surface area contributed by atoms with Crippen LogP contribution in [0.5, 0.6) is 0 Å². The van der Waals surface area contributed by atoms with E-state index in [0.717, 1.165) is 0 Å². The zero-order valence-electron chi connectivity index (χ0n) is 7.32. The second-order valence-corrected chi connectivity index (χ2v) is 2.97. The van der Waals surface area contributed by atoms with Crippen molar-refractivity contribution in [3.63, 3.8) is 0 Å². The molecule has 0 amide bonds. The quantitative estimate of drug-likeness (QED) is 0.411. The minimum Gasteiger partial charge on any atom is -0.396 e. The number of rotatable bonds is 7. The summed E-state index contributed by atoms with van der Waals surface area (Å²) in [6.07, 6.45) is 1.13. The number of hydrogen-bond donors (Lipinski definition) is 4. The molecule has 0 saturated carbocycles. The van der Waals surface area contributed by atoms with Crippen molar-refractivity contribution < 1.29 is 15.3 Å². The molecule has 0 aliphatic heterocycles. The summed E-state index contributed by atoms with van der Waals surface area (Å²) in [5.41, 5.74) is 5.23. The van der Waals surface area contributed by atoms with Crippen LogP contribution in [-0.4, -0.2) is 40.7 Å². The maximum Gasteiger partial charge on any atom is 0.0563 e. The molecule has 5 N–H and O–H groups in total. The van der Waals surface area contributed by atoms with Crippen LogP contribution in [-0.2, 0) is 0 Å². The van der Waals surface area contributed by atoms with Crippen molar-refractivity contribution >= 4 is 0 Å². The van der Waals surface area contributed by atoms with Crippen LogP contribution in [0, 0.1) is 0 Å². The molecule has 4 nitrogen and oxygen atoms in total. The third kappa shape index (κ3) is 6.54. The van der Waals surface area contributed by atoms with Crippen molar-refractivity contribution in [2.24, 2.45) is 5.73 Å². The van der Waals surface area contributed by atoms with Crippen LogP contribution in [0.15, 0.2) is 0 Å². The Kier molecular flexibility index (Phi) is 7.39. The van der Waals surface area contributed by atoms with E-state index in [-0.39, 0.29) is 6.61 Å². The Morgan fingerprint density at radius 1 is 0.917 bits per heavy atom. The van der Waals surface area contributed by atoms with Crippen LogP contribution in [0.25, 0.3) is 0 Å². The predicted octanol–water partition coefficient (Wildman–Crippen LogP) is -0.780. The Bertz CT molecular complexity index is 88.3. The Morgan fingerprint density at radius 2 is 1.42 bits per heavy atom. The lowest BCUT2D eigenvalue weighted by Gasteiger charge is -2.12. The molecular weight excluding hydrogens is 158 g/mol. The minimum atomic E-state index is -0.498. The monoisotopic (exact) mass is 177 g/mol. The molecule has 0 aromatic rings. The fourth-order valence-electron chi connectivity index (χ4n) is 1.01. The van der Waals surface area contributed by atoms with Crippen LogP contribution in [0.1, 0.15) is 25.7 Å². The molecule has 0 aliphatic rings. The molecule has 12 heavy (non-hydrogen) atoms. The van der Waals surface area contributed by atoms with Crippen molar-refractivity contribution in [1.29, 1.82) is 0 Å². The van der Waals surface area contributed by atoms with Crippen molar-refractivity contribution in [3.05, 3.63) is 0 Å². The Balaban J connectivity index is 3.27. The lowest BCUT2D eigenvalue weighted by molar-refractivity contribution is 0.0920. The van der Waals surface area contributed by atoms with Crippen LogP contribution in [0.3, 0.4) is 0 Å².